The molecule has 0 bridgehead atoms. The molecule has 1 amide bonds. The molecule has 3 rings (SSSR count). The monoisotopic (exact) mass is 390 g/mol. The number of nitrogens with zero attached hydrogens (tertiary/aromatic N) is 1. The van der Waals surface area contributed by atoms with Crippen LogP contribution < -0.4 is 14.9 Å². The maximum Gasteiger partial charge on any atom is 0.280 e. The Morgan fingerprint density at radius 2 is 1.72 bits per heavy atom. The van der Waals surface area contributed by atoms with Crippen molar-refractivity contribution in [3.63, 3.8) is 0 Å². The number of hydrazone groups is 1. The molecule has 0 aliphatic rings. The Balaban J connectivity index is 1.55. The van der Waals surface area contributed by atoms with Crippen molar-refractivity contribution in [1.29, 1.82) is 0 Å². The van der Waals surface area contributed by atoms with Gasteiger partial charge in [0, 0.05) is 0 Å². The lowest BCUT2D eigenvalue weighted by molar-refractivity contribution is -0.127. The van der Waals surface area contributed by atoms with Crippen molar-refractivity contribution in [3.8, 4) is 28.4 Å². The Morgan fingerprint density at radius 3 is 2.41 bits per heavy atom. The zero-order valence-electron chi connectivity index (χ0n) is 16.2. The molecule has 6 nitrogen and oxygen atoms in total. The van der Waals surface area contributed by atoms with E-state index in [1.807, 2.05) is 54.6 Å². The second kappa shape index (κ2) is 9.41. The maximum atomic E-state index is 12.2. The Morgan fingerprint density at radius 1 is 1.03 bits per heavy atom. The van der Waals surface area contributed by atoms with Crippen LogP contribution in [0.4, 0.5) is 0 Å². The molecule has 0 saturated heterocycles. The molecule has 0 aliphatic carbocycles. The van der Waals surface area contributed by atoms with Crippen LogP contribution in [0.3, 0.4) is 0 Å². The lowest BCUT2D eigenvalue weighted by Gasteiger charge is -2.13. The van der Waals surface area contributed by atoms with E-state index in [0.29, 0.717) is 17.1 Å². The number of ether oxygens (including phenoxy) is 2. The van der Waals surface area contributed by atoms with Crippen molar-refractivity contribution in [1.82, 2.24) is 5.43 Å². The van der Waals surface area contributed by atoms with Crippen LogP contribution in [0.2, 0.25) is 0 Å². The van der Waals surface area contributed by atoms with Crippen molar-refractivity contribution in [2.45, 2.75) is 13.0 Å². The van der Waals surface area contributed by atoms with Gasteiger partial charge in [-0.05, 0) is 53.9 Å². The van der Waals surface area contributed by atoms with E-state index in [4.69, 9.17) is 9.47 Å². The Hall–Kier alpha value is -3.80. The molecule has 0 fully saturated rings. The van der Waals surface area contributed by atoms with Crippen LogP contribution in [-0.4, -0.2) is 30.4 Å². The van der Waals surface area contributed by atoms with E-state index in [0.717, 1.165) is 11.1 Å². The summed E-state index contributed by atoms with van der Waals surface area (Å²) in [5.74, 6) is 0.587. The highest BCUT2D eigenvalue weighted by molar-refractivity contribution is 5.85. The van der Waals surface area contributed by atoms with Crippen molar-refractivity contribution >= 4 is 12.1 Å². The average molecular weight is 390 g/mol. The Labute approximate surface area is 169 Å². The van der Waals surface area contributed by atoms with Crippen LogP contribution in [-0.2, 0) is 4.79 Å². The van der Waals surface area contributed by atoms with Gasteiger partial charge in [-0.15, -0.1) is 0 Å². The molecule has 0 spiro atoms. The Bertz CT molecular complexity index is 986. The van der Waals surface area contributed by atoms with Gasteiger partial charge in [-0.2, -0.15) is 5.10 Å². The molecule has 148 valence electrons. The summed E-state index contributed by atoms with van der Waals surface area (Å²) >= 11 is 0. The number of benzene rings is 3. The summed E-state index contributed by atoms with van der Waals surface area (Å²) in [5, 5.41) is 13.5. The molecule has 0 heterocycles. The molecule has 1 unspecified atom stereocenters. The number of carbonyl (C=O) groups is 1. The van der Waals surface area contributed by atoms with Gasteiger partial charge in [0.1, 0.15) is 5.75 Å². The highest BCUT2D eigenvalue weighted by Gasteiger charge is 2.14. The van der Waals surface area contributed by atoms with Crippen LogP contribution in [0.15, 0.2) is 77.9 Å². The standard InChI is InChI=1S/C23H22N2O4/c1-16(23(27)25-24-15-17-8-13-21(26)22(14-17)28-2)29-20-11-9-19(10-12-20)18-6-4-3-5-7-18/h3-16,26H,1-2H3,(H,25,27). The second-order valence-electron chi connectivity index (χ2n) is 6.32. The van der Waals surface area contributed by atoms with Gasteiger partial charge in [0.25, 0.3) is 5.91 Å². The van der Waals surface area contributed by atoms with E-state index in [1.54, 1.807) is 19.1 Å². The highest BCUT2D eigenvalue weighted by atomic mass is 16.5. The molecular weight excluding hydrogens is 368 g/mol. The van der Waals surface area contributed by atoms with Gasteiger partial charge in [0.2, 0.25) is 0 Å². The second-order valence-corrected chi connectivity index (χ2v) is 6.32. The SMILES string of the molecule is COc1cc(C=NNC(=O)C(C)Oc2ccc(-c3ccccc3)cc2)ccc1O. The predicted molar refractivity (Wildman–Crippen MR) is 112 cm³/mol. The highest BCUT2D eigenvalue weighted by Crippen LogP contribution is 2.25. The number of aromatic hydroxyl groups is 1. The van der Waals surface area contributed by atoms with Crippen molar-refractivity contribution in [3.05, 3.63) is 78.4 Å². The molecular formula is C23H22N2O4. The molecule has 0 aromatic heterocycles. The van der Waals surface area contributed by atoms with Gasteiger partial charge in [-0.1, -0.05) is 42.5 Å². The summed E-state index contributed by atoms with van der Waals surface area (Å²) in [5.41, 5.74) is 5.30. The number of nitrogens with one attached hydrogen (secondary N) is 1. The fraction of sp³-hybridized carbons (Fsp3) is 0.130. The van der Waals surface area contributed by atoms with Crippen LogP contribution in [0.25, 0.3) is 11.1 Å². The molecule has 0 saturated carbocycles. The summed E-state index contributed by atoms with van der Waals surface area (Å²) in [6, 6.07) is 22.3. The van der Waals surface area contributed by atoms with Crippen LogP contribution in [0.1, 0.15) is 12.5 Å². The maximum absolute atomic E-state index is 12.2. The number of carbonyl (C=O) groups excluding carboxylic acids is 1. The van der Waals surface area contributed by atoms with Gasteiger partial charge in [0.15, 0.2) is 17.6 Å². The van der Waals surface area contributed by atoms with E-state index in [-0.39, 0.29) is 11.7 Å². The van der Waals surface area contributed by atoms with Crippen molar-refractivity contribution < 1.29 is 19.4 Å². The van der Waals surface area contributed by atoms with E-state index < -0.39 is 6.10 Å². The Kier molecular flexibility index (Phi) is 6.47. The number of phenols is 1. The molecule has 3 aromatic rings. The first-order valence-electron chi connectivity index (χ1n) is 9.09. The van der Waals surface area contributed by atoms with E-state index in [2.05, 4.69) is 10.5 Å². The first kappa shape index (κ1) is 19.9. The van der Waals surface area contributed by atoms with Crippen LogP contribution in [0, 0.1) is 0 Å². The zero-order chi connectivity index (χ0) is 20.6. The number of hydrogen-bond acceptors (Lipinski definition) is 5. The topological polar surface area (TPSA) is 80.2 Å². The molecule has 2 N–H and O–H groups in total. The molecule has 1 atom stereocenters. The zero-order valence-corrected chi connectivity index (χ0v) is 16.2. The summed E-state index contributed by atoms with van der Waals surface area (Å²) in [6.45, 7) is 1.65. The fourth-order valence-corrected chi connectivity index (χ4v) is 2.65. The smallest absolute Gasteiger partial charge is 0.280 e. The summed E-state index contributed by atoms with van der Waals surface area (Å²) in [6.07, 6.45) is 0.741. The van der Waals surface area contributed by atoms with Gasteiger partial charge >= 0.3 is 0 Å². The number of rotatable bonds is 7. The molecule has 29 heavy (non-hydrogen) atoms. The molecule has 0 aliphatic heterocycles. The minimum Gasteiger partial charge on any atom is -0.504 e. The van der Waals surface area contributed by atoms with Crippen molar-refractivity contribution in [2.24, 2.45) is 5.10 Å². The summed E-state index contributed by atoms with van der Waals surface area (Å²) < 4.78 is 10.7. The predicted octanol–water partition coefficient (Wildman–Crippen LogP) is 3.99. The number of methoxy groups -OCH3 is 1. The normalized spacial score (nSPS) is 11.8. The van der Waals surface area contributed by atoms with E-state index in [9.17, 15) is 9.90 Å². The van der Waals surface area contributed by atoms with E-state index in [1.165, 1.54) is 19.4 Å². The van der Waals surface area contributed by atoms with E-state index >= 15 is 0 Å². The van der Waals surface area contributed by atoms with Gasteiger partial charge in [-0.25, -0.2) is 5.43 Å². The largest absolute Gasteiger partial charge is 0.504 e. The summed E-state index contributed by atoms with van der Waals surface area (Å²) in [4.78, 5) is 12.2. The lowest BCUT2D eigenvalue weighted by Crippen LogP contribution is -2.33. The van der Waals surface area contributed by atoms with Gasteiger partial charge < -0.3 is 14.6 Å². The lowest BCUT2D eigenvalue weighted by atomic mass is 10.1. The number of phenolic OH excluding ortho intramolecular Hbond substituents is 1. The number of amides is 1. The average Bonchev–Trinajstić information content (AvgIpc) is 2.76. The van der Waals surface area contributed by atoms with Gasteiger partial charge in [-0.3, -0.25) is 4.79 Å². The minimum atomic E-state index is -0.718. The molecule has 3 aromatic carbocycles. The molecule has 6 heteroatoms. The third-order valence-electron chi connectivity index (χ3n) is 4.24. The van der Waals surface area contributed by atoms with Crippen LogP contribution in [0.5, 0.6) is 17.2 Å². The third kappa shape index (κ3) is 5.35. The van der Waals surface area contributed by atoms with Crippen LogP contribution >= 0.6 is 0 Å². The fourth-order valence-electron chi connectivity index (χ4n) is 2.65. The van der Waals surface area contributed by atoms with Crippen molar-refractivity contribution in [2.75, 3.05) is 7.11 Å². The minimum absolute atomic E-state index is 0.0361. The number of hydrogen-bond donors (Lipinski definition) is 2. The summed E-state index contributed by atoms with van der Waals surface area (Å²) in [7, 11) is 1.46. The first-order valence-corrected chi connectivity index (χ1v) is 9.09. The molecule has 0 radical (unpaired) electrons. The quantitative estimate of drug-likeness (QED) is 0.472. The third-order valence-corrected chi connectivity index (χ3v) is 4.24. The van der Waals surface area contributed by atoms with Gasteiger partial charge in [0.05, 0.1) is 13.3 Å². The first-order chi connectivity index (χ1) is 14.1.